The third-order valence-corrected chi connectivity index (χ3v) is 3.37. The van der Waals surface area contributed by atoms with E-state index in [4.69, 9.17) is 4.42 Å². The molecule has 100 valence electrons. The smallest absolute Gasteiger partial charge is 0.248 e. The van der Waals surface area contributed by atoms with Gasteiger partial charge in [0.05, 0.1) is 23.7 Å². The van der Waals surface area contributed by atoms with Gasteiger partial charge in [-0.05, 0) is 36.8 Å². The van der Waals surface area contributed by atoms with E-state index in [0.717, 1.165) is 28.3 Å². The molecule has 0 saturated carbocycles. The Bertz CT molecular complexity index is 775. The summed E-state index contributed by atoms with van der Waals surface area (Å²) in [7, 11) is 0. The predicted octanol–water partition coefficient (Wildman–Crippen LogP) is 3.24. The van der Waals surface area contributed by atoms with E-state index >= 15 is 0 Å². The van der Waals surface area contributed by atoms with Crippen molar-refractivity contribution in [3.8, 4) is 0 Å². The molecule has 0 aliphatic rings. The standard InChI is InChI=1S/C14H11N3O2S/c1-9-4-6-11-14(17-20-16-11)13(9)15-12(18)7-5-10-3-2-8-19-10/h2-8H,1H3,(H,15,18). The predicted molar refractivity (Wildman–Crippen MR) is 78.5 cm³/mol. The maximum absolute atomic E-state index is 11.9. The second-order valence-corrected chi connectivity index (χ2v) is 4.76. The van der Waals surface area contributed by atoms with Gasteiger partial charge >= 0.3 is 0 Å². The highest BCUT2D eigenvalue weighted by Gasteiger charge is 2.10. The first-order valence-electron chi connectivity index (χ1n) is 5.98. The largest absolute Gasteiger partial charge is 0.465 e. The van der Waals surface area contributed by atoms with Crippen LogP contribution in [-0.2, 0) is 4.79 Å². The van der Waals surface area contributed by atoms with Gasteiger partial charge < -0.3 is 9.73 Å². The number of furan rings is 1. The molecule has 2 heterocycles. The van der Waals surface area contributed by atoms with Crippen molar-refractivity contribution in [2.45, 2.75) is 6.92 Å². The number of aromatic nitrogens is 2. The van der Waals surface area contributed by atoms with Crippen molar-refractivity contribution in [3.63, 3.8) is 0 Å². The minimum atomic E-state index is -0.231. The highest BCUT2D eigenvalue weighted by molar-refractivity contribution is 7.00. The number of rotatable bonds is 3. The molecule has 0 saturated heterocycles. The van der Waals surface area contributed by atoms with Crippen LogP contribution in [0.4, 0.5) is 5.69 Å². The molecule has 3 aromatic rings. The Balaban J connectivity index is 1.84. The van der Waals surface area contributed by atoms with Crippen LogP contribution in [0.15, 0.2) is 41.0 Å². The van der Waals surface area contributed by atoms with Crippen LogP contribution in [0.25, 0.3) is 17.1 Å². The number of anilines is 1. The fourth-order valence-electron chi connectivity index (χ4n) is 1.82. The molecule has 0 spiro atoms. The average molecular weight is 285 g/mol. The molecule has 0 radical (unpaired) electrons. The first kappa shape index (κ1) is 12.6. The van der Waals surface area contributed by atoms with Gasteiger partial charge in [-0.15, -0.1) is 0 Å². The van der Waals surface area contributed by atoms with Crippen molar-refractivity contribution in [2.24, 2.45) is 0 Å². The number of hydrogen-bond acceptors (Lipinski definition) is 5. The van der Waals surface area contributed by atoms with E-state index in [9.17, 15) is 4.79 Å². The molecule has 5 nitrogen and oxygen atoms in total. The number of hydrogen-bond donors (Lipinski definition) is 1. The van der Waals surface area contributed by atoms with Gasteiger partial charge in [-0.1, -0.05) is 6.07 Å². The molecule has 20 heavy (non-hydrogen) atoms. The van der Waals surface area contributed by atoms with Gasteiger partial charge in [0.2, 0.25) is 5.91 Å². The second-order valence-electron chi connectivity index (χ2n) is 4.23. The van der Waals surface area contributed by atoms with Crippen molar-refractivity contribution in [3.05, 3.63) is 47.9 Å². The fraction of sp³-hybridized carbons (Fsp3) is 0.0714. The summed E-state index contributed by atoms with van der Waals surface area (Å²) in [5, 5.41) is 2.84. The van der Waals surface area contributed by atoms with Crippen molar-refractivity contribution in [1.29, 1.82) is 0 Å². The van der Waals surface area contributed by atoms with Crippen LogP contribution >= 0.6 is 11.7 Å². The van der Waals surface area contributed by atoms with Crippen LogP contribution in [0, 0.1) is 6.92 Å². The Labute approximate surface area is 119 Å². The number of aryl methyl sites for hydroxylation is 1. The van der Waals surface area contributed by atoms with Crippen LogP contribution in [0.1, 0.15) is 11.3 Å². The minimum Gasteiger partial charge on any atom is -0.465 e. The first-order valence-corrected chi connectivity index (χ1v) is 6.71. The molecule has 0 bridgehead atoms. The number of carbonyl (C=O) groups is 1. The van der Waals surface area contributed by atoms with Crippen LogP contribution in [0.3, 0.4) is 0 Å². The fourth-order valence-corrected chi connectivity index (χ4v) is 2.36. The Morgan fingerprint density at radius 3 is 3.05 bits per heavy atom. The molecule has 3 rings (SSSR count). The molecule has 6 heteroatoms. The lowest BCUT2D eigenvalue weighted by molar-refractivity contribution is -0.111. The van der Waals surface area contributed by atoms with E-state index in [1.807, 2.05) is 19.1 Å². The normalized spacial score (nSPS) is 11.2. The van der Waals surface area contributed by atoms with Gasteiger partial charge in [-0.2, -0.15) is 8.75 Å². The summed E-state index contributed by atoms with van der Waals surface area (Å²) >= 11 is 1.13. The number of amides is 1. The summed E-state index contributed by atoms with van der Waals surface area (Å²) in [5.41, 5.74) is 3.15. The highest BCUT2D eigenvalue weighted by atomic mass is 32.1. The summed E-state index contributed by atoms with van der Waals surface area (Å²) in [5.74, 6) is 0.399. The topological polar surface area (TPSA) is 68.0 Å². The molecular weight excluding hydrogens is 274 g/mol. The molecule has 0 unspecified atom stereocenters. The average Bonchev–Trinajstić information content (AvgIpc) is 3.10. The number of nitrogens with one attached hydrogen (secondary N) is 1. The molecule has 1 amide bonds. The maximum atomic E-state index is 11.9. The molecule has 1 N–H and O–H groups in total. The van der Waals surface area contributed by atoms with E-state index in [0.29, 0.717) is 11.4 Å². The quantitative estimate of drug-likeness (QED) is 0.750. The van der Waals surface area contributed by atoms with E-state index < -0.39 is 0 Å². The monoisotopic (exact) mass is 285 g/mol. The van der Waals surface area contributed by atoms with Crippen molar-refractivity contribution in [1.82, 2.24) is 8.75 Å². The molecule has 1 aromatic carbocycles. The summed E-state index contributed by atoms with van der Waals surface area (Å²) < 4.78 is 13.5. The zero-order chi connectivity index (χ0) is 13.9. The zero-order valence-corrected chi connectivity index (χ0v) is 11.5. The first-order chi connectivity index (χ1) is 9.74. The Hall–Kier alpha value is -2.47. The number of fused-ring (bicyclic) bond motifs is 1. The van der Waals surface area contributed by atoms with Gasteiger partial charge in [0.1, 0.15) is 16.8 Å². The molecule has 2 aromatic heterocycles. The third-order valence-electron chi connectivity index (χ3n) is 2.83. The van der Waals surface area contributed by atoms with Gasteiger partial charge in [-0.3, -0.25) is 4.79 Å². The molecule has 0 atom stereocenters. The summed E-state index contributed by atoms with van der Waals surface area (Å²) in [6.45, 7) is 1.92. The number of benzene rings is 1. The van der Waals surface area contributed by atoms with E-state index in [-0.39, 0.29) is 5.91 Å². The molecule has 0 aliphatic heterocycles. The van der Waals surface area contributed by atoms with Crippen molar-refractivity contribution in [2.75, 3.05) is 5.32 Å². The van der Waals surface area contributed by atoms with Crippen LogP contribution < -0.4 is 5.32 Å². The van der Waals surface area contributed by atoms with Gasteiger partial charge in [0.15, 0.2) is 0 Å². The van der Waals surface area contributed by atoms with E-state index in [1.54, 1.807) is 24.5 Å². The second kappa shape index (κ2) is 5.26. The minimum absolute atomic E-state index is 0.231. The summed E-state index contributed by atoms with van der Waals surface area (Å²) in [6, 6.07) is 7.35. The van der Waals surface area contributed by atoms with Gasteiger partial charge in [0.25, 0.3) is 0 Å². The lowest BCUT2D eigenvalue weighted by atomic mass is 10.1. The summed E-state index contributed by atoms with van der Waals surface area (Å²) in [4.78, 5) is 11.9. The Morgan fingerprint density at radius 1 is 1.35 bits per heavy atom. The van der Waals surface area contributed by atoms with Crippen molar-refractivity contribution < 1.29 is 9.21 Å². The Kier molecular flexibility index (Phi) is 3.30. The van der Waals surface area contributed by atoms with Crippen LogP contribution in [0.5, 0.6) is 0 Å². The lowest BCUT2D eigenvalue weighted by Gasteiger charge is -2.06. The van der Waals surface area contributed by atoms with Crippen LogP contribution in [-0.4, -0.2) is 14.7 Å². The Morgan fingerprint density at radius 2 is 2.25 bits per heavy atom. The molecule has 0 aliphatic carbocycles. The zero-order valence-electron chi connectivity index (χ0n) is 10.7. The SMILES string of the molecule is Cc1ccc2nsnc2c1NC(=O)C=Cc1ccco1. The number of carbonyl (C=O) groups excluding carboxylic acids is 1. The lowest BCUT2D eigenvalue weighted by Crippen LogP contribution is -2.09. The maximum Gasteiger partial charge on any atom is 0.248 e. The van der Waals surface area contributed by atoms with Gasteiger partial charge in [0, 0.05) is 6.08 Å². The summed E-state index contributed by atoms with van der Waals surface area (Å²) in [6.07, 6.45) is 4.60. The van der Waals surface area contributed by atoms with Crippen LogP contribution in [0.2, 0.25) is 0 Å². The highest BCUT2D eigenvalue weighted by Crippen LogP contribution is 2.25. The number of nitrogens with zero attached hydrogens (tertiary/aromatic N) is 2. The van der Waals surface area contributed by atoms with Crippen molar-refractivity contribution >= 4 is 40.4 Å². The molecule has 0 fully saturated rings. The van der Waals surface area contributed by atoms with E-state index in [2.05, 4.69) is 14.1 Å². The van der Waals surface area contributed by atoms with E-state index in [1.165, 1.54) is 6.08 Å². The molecular formula is C14H11N3O2S. The third kappa shape index (κ3) is 2.46. The van der Waals surface area contributed by atoms with Gasteiger partial charge in [-0.25, -0.2) is 0 Å².